The number of rotatable bonds is 3. The van der Waals surface area contributed by atoms with E-state index >= 15 is 0 Å². The Bertz CT molecular complexity index is 85.2. The Morgan fingerprint density at radius 3 is 1.40 bits per heavy atom. The highest BCUT2D eigenvalue weighted by molar-refractivity contribution is 8.29. The maximum atomic E-state index is 2.44. The van der Waals surface area contributed by atoms with Gasteiger partial charge in [0.05, 0.1) is 8.07 Å². The van der Waals surface area contributed by atoms with Crippen LogP contribution < -0.4 is 0 Å². The van der Waals surface area contributed by atoms with Gasteiger partial charge in [-0.3, -0.25) is 0 Å². The fourth-order valence-corrected chi connectivity index (χ4v) is 11.7. The molecule has 0 saturated carbocycles. The molecule has 0 aliphatic carbocycles. The maximum absolute atomic E-state index is 2.44. The monoisotopic (exact) mass is 192 g/mol. The van der Waals surface area contributed by atoms with Crippen LogP contribution in [-0.4, -0.2) is 20.7 Å². The highest BCUT2D eigenvalue weighted by Crippen LogP contribution is 2.22. The molecule has 0 amide bonds. The van der Waals surface area contributed by atoms with E-state index in [1.54, 1.807) is 0 Å². The van der Waals surface area contributed by atoms with Crippen molar-refractivity contribution in [2.45, 2.75) is 39.3 Å². The van der Waals surface area contributed by atoms with Crippen molar-refractivity contribution in [3.63, 3.8) is 0 Å². The molecule has 0 spiro atoms. The molecule has 3 heteroatoms. The van der Waals surface area contributed by atoms with Gasteiger partial charge in [-0.15, -0.1) is 0 Å². The van der Waals surface area contributed by atoms with Crippen molar-refractivity contribution in [3.8, 4) is 0 Å². The van der Waals surface area contributed by atoms with E-state index in [4.69, 9.17) is 0 Å². The first-order valence-corrected chi connectivity index (χ1v) is 12.8. The standard InChI is InChI=1S/C7H20SSi2/c1-9(2,3)7-8-10(4,5)6/h7H2,1-6H3. The molecule has 0 unspecified atom stereocenters. The van der Waals surface area contributed by atoms with Crippen LogP contribution in [0.25, 0.3) is 0 Å². The number of hydrogen-bond donors (Lipinski definition) is 0. The Morgan fingerprint density at radius 1 is 0.900 bits per heavy atom. The van der Waals surface area contributed by atoms with Crippen molar-refractivity contribution in [2.24, 2.45) is 0 Å². The lowest BCUT2D eigenvalue weighted by atomic mass is 11.8. The van der Waals surface area contributed by atoms with Crippen LogP contribution in [0.1, 0.15) is 0 Å². The molecule has 62 valence electrons. The summed E-state index contributed by atoms with van der Waals surface area (Å²) >= 11 is 2.24. The molecular formula is C7H20SSi2. The zero-order chi connectivity index (χ0) is 8.41. The van der Waals surface area contributed by atoms with Crippen molar-refractivity contribution in [3.05, 3.63) is 0 Å². The van der Waals surface area contributed by atoms with Crippen molar-refractivity contribution in [1.29, 1.82) is 0 Å². The van der Waals surface area contributed by atoms with Crippen molar-refractivity contribution < 1.29 is 0 Å². The first-order chi connectivity index (χ1) is 4.21. The summed E-state index contributed by atoms with van der Waals surface area (Å²) in [5.41, 5.74) is 0. The maximum Gasteiger partial charge on any atom is 0.107 e. The van der Waals surface area contributed by atoms with Gasteiger partial charge in [-0.1, -0.05) is 39.3 Å². The Labute approximate surface area is 71.5 Å². The summed E-state index contributed by atoms with van der Waals surface area (Å²) in [6.45, 7) is 14.6. The summed E-state index contributed by atoms with van der Waals surface area (Å²) in [5.74, 6) is 0. The molecule has 0 saturated heterocycles. The second-order valence-corrected chi connectivity index (χ2v) is 20.3. The van der Waals surface area contributed by atoms with E-state index in [2.05, 4.69) is 50.5 Å². The molecule has 0 aliphatic rings. The number of hydrogen-bond acceptors (Lipinski definition) is 1. The van der Waals surface area contributed by atoms with E-state index < -0.39 is 15.3 Å². The van der Waals surface area contributed by atoms with E-state index in [1.165, 1.54) is 5.38 Å². The minimum absolute atomic E-state index is 0.769. The normalized spacial score (nSPS) is 13.8. The van der Waals surface area contributed by atoms with Crippen LogP contribution in [0.3, 0.4) is 0 Å². The molecular weight excluding hydrogens is 172 g/mol. The van der Waals surface area contributed by atoms with Gasteiger partial charge < -0.3 is 0 Å². The molecule has 0 bridgehead atoms. The van der Waals surface area contributed by atoms with Crippen molar-refractivity contribution in [1.82, 2.24) is 0 Å². The molecule has 0 radical (unpaired) electrons. The van der Waals surface area contributed by atoms with Crippen LogP contribution in [0.2, 0.25) is 39.3 Å². The second-order valence-electron chi connectivity index (χ2n) is 4.96. The van der Waals surface area contributed by atoms with Crippen LogP contribution in [0, 0.1) is 0 Å². The van der Waals surface area contributed by atoms with Gasteiger partial charge >= 0.3 is 0 Å². The summed E-state index contributed by atoms with van der Waals surface area (Å²) in [6, 6.07) is 0. The molecule has 0 aromatic carbocycles. The van der Waals surface area contributed by atoms with Gasteiger partial charge in [0.15, 0.2) is 0 Å². The van der Waals surface area contributed by atoms with Crippen molar-refractivity contribution in [2.75, 3.05) is 5.38 Å². The van der Waals surface area contributed by atoms with Gasteiger partial charge in [0.1, 0.15) is 7.22 Å². The van der Waals surface area contributed by atoms with Gasteiger partial charge in [0.25, 0.3) is 0 Å². The van der Waals surface area contributed by atoms with Crippen molar-refractivity contribution >= 4 is 26.5 Å². The topological polar surface area (TPSA) is 0 Å². The average Bonchev–Trinajstić information content (AvgIpc) is 1.57. The molecule has 0 nitrogen and oxygen atoms in total. The Hall–Kier alpha value is 0.784. The van der Waals surface area contributed by atoms with Gasteiger partial charge in [-0.25, -0.2) is 0 Å². The lowest BCUT2D eigenvalue weighted by Gasteiger charge is -2.21. The zero-order valence-corrected chi connectivity index (χ0v) is 10.9. The summed E-state index contributed by atoms with van der Waals surface area (Å²) in [6.07, 6.45) is 0. The van der Waals surface area contributed by atoms with E-state index in [9.17, 15) is 0 Å². The molecule has 0 heterocycles. The fraction of sp³-hybridized carbons (Fsp3) is 1.00. The van der Waals surface area contributed by atoms with Crippen LogP contribution >= 0.6 is 11.2 Å². The predicted molar refractivity (Wildman–Crippen MR) is 59.2 cm³/mol. The highest BCUT2D eigenvalue weighted by Gasteiger charge is 2.19. The first-order valence-electron chi connectivity index (χ1n) is 3.85. The summed E-state index contributed by atoms with van der Waals surface area (Å²) < 4.78 is 0. The van der Waals surface area contributed by atoms with E-state index in [0.29, 0.717) is 0 Å². The zero-order valence-electron chi connectivity index (χ0n) is 8.12. The Balaban J connectivity index is 3.56. The average molecular weight is 192 g/mol. The quantitative estimate of drug-likeness (QED) is 0.618. The molecule has 0 aromatic heterocycles. The Kier molecular flexibility index (Phi) is 3.72. The Morgan fingerprint density at radius 2 is 1.30 bits per heavy atom. The molecule has 0 atom stereocenters. The predicted octanol–water partition coefficient (Wildman–Crippen LogP) is 3.43. The third-order valence-corrected chi connectivity index (χ3v) is 9.74. The lowest BCUT2D eigenvalue weighted by molar-refractivity contribution is 1.68. The SMILES string of the molecule is C[Si](C)(C)CS[Si](C)(C)C. The summed E-state index contributed by atoms with van der Waals surface area (Å²) in [5, 5.41) is 1.45. The van der Waals surface area contributed by atoms with Gasteiger partial charge in [0.2, 0.25) is 0 Å². The molecule has 0 fully saturated rings. The largest absolute Gasteiger partial charge is 0.189 e. The van der Waals surface area contributed by atoms with Crippen LogP contribution in [0.5, 0.6) is 0 Å². The first kappa shape index (κ1) is 10.8. The van der Waals surface area contributed by atoms with Gasteiger partial charge in [-0.2, -0.15) is 11.2 Å². The molecule has 0 aliphatic heterocycles. The molecule has 10 heavy (non-hydrogen) atoms. The van der Waals surface area contributed by atoms with E-state index in [-0.39, 0.29) is 0 Å². The van der Waals surface area contributed by atoms with Gasteiger partial charge in [-0.05, 0) is 5.38 Å². The van der Waals surface area contributed by atoms with Crippen LogP contribution in [-0.2, 0) is 0 Å². The summed E-state index contributed by atoms with van der Waals surface area (Å²) in [7, 11) is -1.58. The minimum Gasteiger partial charge on any atom is -0.189 e. The molecule has 0 N–H and O–H groups in total. The molecule has 0 rings (SSSR count). The van der Waals surface area contributed by atoms with Crippen LogP contribution in [0.4, 0.5) is 0 Å². The minimum atomic E-state index is -0.816. The third-order valence-electron chi connectivity index (χ3n) is 0.938. The summed E-state index contributed by atoms with van der Waals surface area (Å²) in [4.78, 5) is 0. The second kappa shape index (κ2) is 3.45. The van der Waals surface area contributed by atoms with E-state index in [0.717, 1.165) is 0 Å². The smallest absolute Gasteiger partial charge is 0.107 e. The lowest BCUT2D eigenvalue weighted by Crippen LogP contribution is -2.28. The fourth-order valence-electron chi connectivity index (χ4n) is 0.433. The van der Waals surface area contributed by atoms with Gasteiger partial charge in [0, 0.05) is 0 Å². The van der Waals surface area contributed by atoms with Crippen LogP contribution in [0.15, 0.2) is 0 Å². The van der Waals surface area contributed by atoms with E-state index in [1.807, 2.05) is 0 Å². The highest BCUT2D eigenvalue weighted by atomic mass is 32.4. The third kappa shape index (κ3) is 8.78. The molecule has 0 aromatic rings.